The molecule has 1 aromatic heterocycles. The summed E-state index contributed by atoms with van der Waals surface area (Å²) in [6.45, 7) is 0. The van der Waals surface area contributed by atoms with Crippen LogP contribution < -0.4 is 0 Å². The zero-order valence-electron chi connectivity index (χ0n) is 10.2. The predicted octanol–water partition coefficient (Wildman–Crippen LogP) is 4.36. The van der Waals surface area contributed by atoms with Gasteiger partial charge in [0.05, 0.1) is 0 Å². The van der Waals surface area contributed by atoms with Gasteiger partial charge in [0.2, 0.25) is 0 Å². The number of aliphatic hydroxyl groups is 1. The maximum Gasteiger partial charge on any atom is 0.193 e. The lowest BCUT2D eigenvalue weighted by Crippen LogP contribution is -2.00. The highest BCUT2D eigenvalue weighted by Gasteiger charge is 2.13. The molecule has 0 spiro atoms. The summed E-state index contributed by atoms with van der Waals surface area (Å²) in [7, 11) is 0. The van der Waals surface area contributed by atoms with Crippen molar-refractivity contribution in [3.63, 3.8) is 0 Å². The number of halogens is 1. The van der Waals surface area contributed by atoms with E-state index in [1.807, 2.05) is 18.2 Å². The first-order valence-corrected chi connectivity index (χ1v) is 6.51. The molecule has 0 fully saturated rings. The number of fused-ring (bicyclic) bond motifs is 1. The molecule has 2 nitrogen and oxygen atoms in total. The van der Waals surface area contributed by atoms with Gasteiger partial charge in [0, 0.05) is 6.42 Å². The van der Waals surface area contributed by atoms with E-state index in [1.54, 1.807) is 12.1 Å². The number of furan rings is 1. The van der Waals surface area contributed by atoms with Crippen molar-refractivity contribution in [2.24, 2.45) is 0 Å². The molecule has 19 heavy (non-hydrogen) atoms. The maximum absolute atomic E-state index is 10.1. The zero-order chi connectivity index (χ0) is 13.2. The van der Waals surface area contributed by atoms with Crippen molar-refractivity contribution >= 4 is 22.4 Å². The lowest BCUT2D eigenvalue weighted by atomic mass is 10.0. The molecule has 0 bridgehead atoms. The van der Waals surface area contributed by atoms with E-state index < -0.39 is 6.10 Å². The Balaban J connectivity index is 1.84. The van der Waals surface area contributed by atoms with Gasteiger partial charge in [-0.25, -0.2) is 0 Å². The summed E-state index contributed by atoms with van der Waals surface area (Å²) in [5.74, 6) is 0.498. The molecule has 0 saturated heterocycles. The van der Waals surface area contributed by atoms with Crippen molar-refractivity contribution in [3.05, 3.63) is 71.1 Å². The number of rotatable bonds is 3. The lowest BCUT2D eigenvalue weighted by molar-refractivity contribution is 0.150. The van der Waals surface area contributed by atoms with Crippen LogP contribution in [0.1, 0.15) is 17.4 Å². The molecule has 3 rings (SSSR count). The molecule has 2 aromatic carbocycles. The van der Waals surface area contributed by atoms with E-state index in [4.69, 9.17) is 16.0 Å². The standard InChI is InChI=1S/C16H13ClO2/c17-16-8-7-15(19-16)14(18)10-11-5-6-12-3-1-2-4-13(12)9-11/h1-9,14,18H,10H2. The minimum absolute atomic E-state index is 0.299. The van der Waals surface area contributed by atoms with Crippen molar-refractivity contribution in [1.29, 1.82) is 0 Å². The molecule has 1 heterocycles. The molecule has 1 unspecified atom stereocenters. The molecule has 3 heteroatoms. The topological polar surface area (TPSA) is 33.4 Å². The van der Waals surface area contributed by atoms with Crippen molar-refractivity contribution < 1.29 is 9.52 Å². The summed E-state index contributed by atoms with van der Waals surface area (Å²) in [6.07, 6.45) is -0.164. The highest BCUT2D eigenvalue weighted by atomic mass is 35.5. The van der Waals surface area contributed by atoms with E-state index in [9.17, 15) is 5.11 Å². The van der Waals surface area contributed by atoms with Crippen LogP contribution in [0.4, 0.5) is 0 Å². The van der Waals surface area contributed by atoms with E-state index >= 15 is 0 Å². The molecule has 0 saturated carbocycles. The van der Waals surface area contributed by atoms with Crippen LogP contribution in [0.15, 0.2) is 59.0 Å². The van der Waals surface area contributed by atoms with Gasteiger partial charge in [0.15, 0.2) is 5.22 Å². The molecular formula is C16H13ClO2. The first-order chi connectivity index (χ1) is 9.22. The first kappa shape index (κ1) is 12.3. The highest BCUT2D eigenvalue weighted by Crippen LogP contribution is 2.24. The number of hydrogen-bond donors (Lipinski definition) is 1. The SMILES string of the molecule is OC(Cc1ccc2ccccc2c1)c1ccc(Cl)o1. The molecule has 0 aliphatic carbocycles. The third-order valence-electron chi connectivity index (χ3n) is 3.17. The summed E-state index contributed by atoms with van der Waals surface area (Å²) in [5.41, 5.74) is 1.07. The Morgan fingerprint density at radius 3 is 2.53 bits per heavy atom. The summed E-state index contributed by atoms with van der Waals surface area (Å²) >= 11 is 5.71. The molecule has 1 atom stereocenters. The fraction of sp³-hybridized carbons (Fsp3) is 0.125. The Kier molecular flexibility index (Phi) is 3.28. The second-order valence-corrected chi connectivity index (χ2v) is 4.92. The normalized spacial score (nSPS) is 12.7. The highest BCUT2D eigenvalue weighted by molar-refractivity contribution is 6.28. The van der Waals surface area contributed by atoms with Gasteiger partial charge in [-0.05, 0) is 40.1 Å². The minimum atomic E-state index is -0.673. The van der Waals surface area contributed by atoms with Crippen LogP contribution in [0.2, 0.25) is 5.22 Å². The van der Waals surface area contributed by atoms with Crippen LogP contribution in [-0.2, 0) is 6.42 Å². The van der Waals surface area contributed by atoms with Crippen LogP contribution in [0.5, 0.6) is 0 Å². The van der Waals surface area contributed by atoms with E-state index in [-0.39, 0.29) is 0 Å². The molecular weight excluding hydrogens is 260 g/mol. The molecule has 0 amide bonds. The van der Waals surface area contributed by atoms with Gasteiger partial charge in [-0.15, -0.1) is 0 Å². The van der Waals surface area contributed by atoms with E-state index in [0.29, 0.717) is 17.4 Å². The summed E-state index contributed by atoms with van der Waals surface area (Å²) in [4.78, 5) is 0. The fourth-order valence-electron chi connectivity index (χ4n) is 2.20. The quantitative estimate of drug-likeness (QED) is 0.768. The molecule has 0 aliphatic heterocycles. The average Bonchev–Trinajstić information content (AvgIpc) is 2.85. The van der Waals surface area contributed by atoms with Gasteiger partial charge in [-0.1, -0.05) is 42.5 Å². The van der Waals surface area contributed by atoms with Crippen molar-refractivity contribution in [2.45, 2.75) is 12.5 Å². The van der Waals surface area contributed by atoms with Gasteiger partial charge < -0.3 is 9.52 Å². The Morgan fingerprint density at radius 1 is 1.00 bits per heavy atom. The Morgan fingerprint density at radius 2 is 1.79 bits per heavy atom. The van der Waals surface area contributed by atoms with Gasteiger partial charge >= 0.3 is 0 Å². The second-order valence-electron chi connectivity index (χ2n) is 4.54. The Hall–Kier alpha value is -1.77. The lowest BCUT2D eigenvalue weighted by Gasteiger charge is -2.08. The monoisotopic (exact) mass is 272 g/mol. The van der Waals surface area contributed by atoms with E-state index in [2.05, 4.69) is 24.3 Å². The number of aliphatic hydroxyl groups excluding tert-OH is 1. The van der Waals surface area contributed by atoms with Crippen LogP contribution in [0.3, 0.4) is 0 Å². The van der Waals surface area contributed by atoms with Gasteiger partial charge in [0.25, 0.3) is 0 Å². The van der Waals surface area contributed by atoms with Crippen LogP contribution in [-0.4, -0.2) is 5.11 Å². The molecule has 0 aliphatic rings. The first-order valence-electron chi connectivity index (χ1n) is 6.13. The summed E-state index contributed by atoms with van der Waals surface area (Å²) < 4.78 is 5.22. The van der Waals surface area contributed by atoms with Gasteiger partial charge in [0.1, 0.15) is 11.9 Å². The second kappa shape index (κ2) is 5.08. The molecule has 3 aromatic rings. The third-order valence-corrected chi connectivity index (χ3v) is 3.37. The van der Waals surface area contributed by atoms with E-state index in [1.165, 1.54) is 10.8 Å². The third kappa shape index (κ3) is 2.65. The smallest absolute Gasteiger partial charge is 0.193 e. The molecule has 1 N–H and O–H groups in total. The largest absolute Gasteiger partial charge is 0.447 e. The van der Waals surface area contributed by atoms with Crippen molar-refractivity contribution in [3.8, 4) is 0 Å². The van der Waals surface area contributed by atoms with E-state index in [0.717, 1.165) is 5.56 Å². The van der Waals surface area contributed by atoms with Crippen LogP contribution in [0.25, 0.3) is 10.8 Å². The van der Waals surface area contributed by atoms with Crippen LogP contribution >= 0.6 is 11.6 Å². The van der Waals surface area contributed by atoms with Crippen molar-refractivity contribution in [1.82, 2.24) is 0 Å². The molecule has 0 radical (unpaired) electrons. The zero-order valence-corrected chi connectivity index (χ0v) is 11.0. The van der Waals surface area contributed by atoms with Crippen LogP contribution in [0, 0.1) is 0 Å². The number of benzene rings is 2. The number of hydrogen-bond acceptors (Lipinski definition) is 2. The minimum Gasteiger partial charge on any atom is -0.447 e. The summed E-state index contributed by atoms with van der Waals surface area (Å²) in [5, 5.41) is 12.8. The van der Waals surface area contributed by atoms with Gasteiger partial charge in [-0.3, -0.25) is 0 Å². The Labute approximate surface area is 116 Å². The Bertz CT molecular complexity index is 703. The predicted molar refractivity (Wildman–Crippen MR) is 76.3 cm³/mol. The van der Waals surface area contributed by atoms with Gasteiger partial charge in [-0.2, -0.15) is 0 Å². The van der Waals surface area contributed by atoms with Crippen molar-refractivity contribution in [2.75, 3.05) is 0 Å². The fourth-order valence-corrected chi connectivity index (χ4v) is 2.35. The maximum atomic E-state index is 10.1. The molecule has 96 valence electrons. The summed E-state index contributed by atoms with van der Waals surface area (Å²) in [6, 6.07) is 17.7. The average molecular weight is 273 g/mol.